The third kappa shape index (κ3) is 2.88. The summed E-state index contributed by atoms with van der Waals surface area (Å²) in [7, 11) is 0. The van der Waals surface area contributed by atoms with Crippen molar-refractivity contribution in [3.8, 4) is 0 Å². The fourth-order valence-corrected chi connectivity index (χ4v) is 1.30. The molecule has 0 aliphatic heterocycles. The molecule has 0 aromatic rings. The number of thioether (sulfide) groups is 1. The van der Waals surface area contributed by atoms with Crippen LogP contribution < -0.4 is 0 Å². The molecular weight excluding hydrogens is 136 g/mol. The van der Waals surface area contributed by atoms with Crippen LogP contribution in [0, 0.1) is 5.92 Å². The summed E-state index contributed by atoms with van der Waals surface area (Å²) in [6, 6.07) is 0. The minimum absolute atomic E-state index is 0.528. The second-order valence-electron chi connectivity index (χ2n) is 2.01. The third-order valence-corrected chi connectivity index (χ3v) is 3.46. The van der Waals surface area contributed by atoms with Gasteiger partial charge < -0.3 is 0 Å². The van der Waals surface area contributed by atoms with Crippen LogP contribution in [0.5, 0.6) is 0 Å². The van der Waals surface area contributed by atoms with Crippen LogP contribution in [0.1, 0.15) is 20.3 Å². The minimum atomic E-state index is 0.528. The predicted octanol–water partition coefficient (Wildman–Crippen LogP) is 2.65. The van der Waals surface area contributed by atoms with E-state index in [2.05, 4.69) is 32.7 Å². The van der Waals surface area contributed by atoms with Crippen molar-refractivity contribution in [2.75, 3.05) is 6.26 Å². The molecule has 0 aliphatic rings. The average Bonchev–Trinajstić information content (AvgIpc) is 1.84. The Morgan fingerprint density at radius 1 is 1.62 bits per heavy atom. The van der Waals surface area contributed by atoms with E-state index in [-0.39, 0.29) is 0 Å². The van der Waals surface area contributed by atoms with Gasteiger partial charge in [0.15, 0.2) is 0 Å². The maximum Gasteiger partial charge on any atom is 0.0495 e. The molecule has 0 heterocycles. The second kappa shape index (κ2) is 4.57. The Morgan fingerprint density at radius 3 is 2.25 bits per heavy atom. The maximum absolute atomic E-state index is 4.37. The van der Waals surface area contributed by atoms with E-state index in [0.29, 0.717) is 4.58 Å². The van der Waals surface area contributed by atoms with E-state index in [1.54, 1.807) is 0 Å². The zero-order valence-electron chi connectivity index (χ0n) is 5.72. The molecule has 0 spiro atoms. The van der Waals surface area contributed by atoms with E-state index in [9.17, 15) is 0 Å². The lowest BCUT2D eigenvalue weighted by Gasteiger charge is -2.13. The van der Waals surface area contributed by atoms with Gasteiger partial charge in [0.1, 0.15) is 0 Å². The predicted molar refractivity (Wildman–Crippen MR) is 45.7 cm³/mol. The zero-order chi connectivity index (χ0) is 6.57. The summed E-state index contributed by atoms with van der Waals surface area (Å²) in [5.74, 6) is 0.744. The second-order valence-corrected chi connectivity index (χ2v) is 3.90. The summed E-state index contributed by atoms with van der Waals surface area (Å²) in [5, 5.41) is 0. The first-order valence-electron chi connectivity index (χ1n) is 2.93. The van der Waals surface area contributed by atoms with Crippen molar-refractivity contribution in [2.24, 2.45) is 5.92 Å². The Labute approximate surface area is 61.8 Å². The number of thiol groups is 1. The number of rotatable bonds is 3. The van der Waals surface area contributed by atoms with Gasteiger partial charge in [-0.05, 0) is 12.2 Å². The topological polar surface area (TPSA) is 0 Å². The van der Waals surface area contributed by atoms with Crippen molar-refractivity contribution in [3.05, 3.63) is 0 Å². The quantitative estimate of drug-likeness (QED) is 0.477. The van der Waals surface area contributed by atoms with Gasteiger partial charge in [0.05, 0.1) is 0 Å². The fourth-order valence-electron chi connectivity index (χ4n) is 0.434. The first-order chi connectivity index (χ1) is 3.72. The molecule has 2 atom stereocenters. The molecule has 0 saturated carbocycles. The molecule has 50 valence electrons. The zero-order valence-corrected chi connectivity index (χ0v) is 7.43. The molecule has 0 radical (unpaired) electrons. The van der Waals surface area contributed by atoms with Crippen LogP contribution >= 0.6 is 24.4 Å². The lowest BCUT2D eigenvalue weighted by atomic mass is 10.2. The van der Waals surface area contributed by atoms with Crippen molar-refractivity contribution >= 4 is 24.4 Å². The van der Waals surface area contributed by atoms with Crippen LogP contribution in [0.2, 0.25) is 0 Å². The van der Waals surface area contributed by atoms with Gasteiger partial charge >= 0.3 is 0 Å². The molecule has 8 heavy (non-hydrogen) atoms. The van der Waals surface area contributed by atoms with Crippen LogP contribution in [-0.4, -0.2) is 10.8 Å². The van der Waals surface area contributed by atoms with Gasteiger partial charge in [-0.2, -0.15) is 24.4 Å². The lowest BCUT2D eigenvalue weighted by Crippen LogP contribution is -2.04. The average molecular weight is 150 g/mol. The van der Waals surface area contributed by atoms with Gasteiger partial charge in [0.25, 0.3) is 0 Å². The minimum Gasteiger partial charge on any atom is -0.165 e. The van der Waals surface area contributed by atoms with E-state index in [1.807, 2.05) is 11.8 Å². The van der Waals surface area contributed by atoms with E-state index < -0.39 is 0 Å². The van der Waals surface area contributed by atoms with Crippen molar-refractivity contribution < 1.29 is 0 Å². The molecule has 0 N–H and O–H groups in total. The van der Waals surface area contributed by atoms with Crippen molar-refractivity contribution in [1.82, 2.24) is 0 Å². The van der Waals surface area contributed by atoms with E-state index in [1.165, 1.54) is 6.42 Å². The Kier molecular flexibility index (Phi) is 4.97. The van der Waals surface area contributed by atoms with Gasteiger partial charge in [-0.1, -0.05) is 20.3 Å². The highest BCUT2D eigenvalue weighted by molar-refractivity contribution is 8.09. The van der Waals surface area contributed by atoms with Gasteiger partial charge in [-0.15, -0.1) is 0 Å². The molecule has 0 aromatic carbocycles. The standard InChI is InChI=1S/C6H14S2/c1-4-5(2)6(7)8-3/h5-7H,4H2,1-3H3. The highest BCUT2D eigenvalue weighted by Gasteiger charge is 2.07. The Bertz CT molecular complexity index is 46.5. The number of hydrogen-bond donors (Lipinski definition) is 1. The van der Waals surface area contributed by atoms with Crippen molar-refractivity contribution in [3.63, 3.8) is 0 Å². The normalized spacial score (nSPS) is 18.0. The highest BCUT2D eigenvalue weighted by atomic mass is 32.2. The summed E-state index contributed by atoms with van der Waals surface area (Å²) in [5.41, 5.74) is 0. The first-order valence-corrected chi connectivity index (χ1v) is 4.73. The molecule has 2 heteroatoms. The van der Waals surface area contributed by atoms with Crippen LogP contribution in [0.4, 0.5) is 0 Å². The van der Waals surface area contributed by atoms with E-state index in [4.69, 9.17) is 0 Å². The van der Waals surface area contributed by atoms with Gasteiger partial charge in [0, 0.05) is 4.58 Å². The molecule has 0 nitrogen and oxygen atoms in total. The van der Waals surface area contributed by atoms with Crippen LogP contribution in [-0.2, 0) is 0 Å². The molecule has 0 saturated heterocycles. The van der Waals surface area contributed by atoms with Crippen LogP contribution in [0.25, 0.3) is 0 Å². The molecule has 0 bridgehead atoms. The first kappa shape index (κ1) is 8.70. The Balaban J connectivity index is 3.29. The number of hydrogen-bond acceptors (Lipinski definition) is 2. The summed E-state index contributed by atoms with van der Waals surface area (Å²) in [6.07, 6.45) is 3.33. The Morgan fingerprint density at radius 2 is 2.12 bits per heavy atom. The summed E-state index contributed by atoms with van der Waals surface area (Å²) >= 11 is 6.19. The molecule has 0 amide bonds. The smallest absolute Gasteiger partial charge is 0.0495 e. The Hall–Kier alpha value is 0.700. The maximum atomic E-state index is 4.37. The van der Waals surface area contributed by atoms with E-state index >= 15 is 0 Å². The van der Waals surface area contributed by atoms with Gasteiger partial charge in [0.2, 0.25) is 0 Å². The lowest BCUT2D eigenvalue weighted by molar-refractivity contribution is 0.617. The van der Waals surface area contributed by atoms with Crippen molar-refractivity contribution in [2.45, 2.75) is 24.9 Å². The summed E-state index contributed by atoms with van der Waals surface area (Å²) in [6.45, 7) is 4.43. The fraction of sp³-hybridized carbons (Fsp3) is 1.00. The molecule has 0 rings (SSSR count). The summed E-state index contributed by atoms with van der Waals surface area (Å²) in [4.78, 5) is 0. The van der Waals surface area contributed by atoms with Gasteiger partial charge in [-0.3, -0.25) is 0 Å². The SMILES string of the molecule is CCC(C)C(S)SC. The van der Waals surface area contributed by atoms with Crippen molar-refractivity contribution in [1.29, 1.82) is 0 Å². The largest absolute Gasteiger partial charge is 0.165 e. The van der Waals surface area contributed by atoms with E-state index in [0.717, 1.165) is 5.92 Å². The monoisotopic (exact) mass is 150 g/mol. The molecule has 0 aromatic heterocycles. The molecular formula is C6H14S2. The third-order valence-electron chi connectivity index (χ3n) is 1.37. The van der Waals surface area contributed by atoms with Crippen LogP contribution in [0.3, 0.4) is 0 Å². The van der Waals surface area contributed by atoms with Crippen LogP contribution in [0.15, 0.2) is 0 Å². The highest BCUT2D eigenvalue weighted by Crippen LogP contribution is 2.22. The van der Waals surface area contributed by atoms with Gasteiger partial charge in [-0.25, -0.2) is 0 Å². The summed E-state index contributed by atoms with van der Waals surface area (Å²) < 4.78 is 0.528. The molecule has 0 aliphatic carbocycles. The molecule has 0 fully saturated rings. The molecule has 2 unspecified atom stereocenters.